The molecule has 3 amide bonds. The highest BCUT2D eigenvalue weighted by atomic mass is 127. The summed E-state index contributed by atoms with van der Waals surface area (Å²) in [6.45, 7) is 4.16. The Kier molecular flexibility index (Phi) is 7.30. The molecule has 1 aromatic carbocycles. The smallest absolute Gasteiger partial charge is 0.324 e. The van der Waals surface area contributed by atoms with Gasteiger partial charge in [0.25, 0.3) is 0 Å². The quantitative estimate of drug-likeness (QED) is 0.242. The van der Waals surface area contributed by atoms with Crippen molar-refractivity contribution < 1.29 is 19.1 Å². The van der Waals surface area contributed by atoms with Crippen LogP contribution in [0.1, 0.15) is 12.5 Å². The van der Waals surface area contributed by atoms with Gasteiger partial charge in [0.15, 0.2) is 17.5 Å². The van der Waals surface area contributed by atoms with Crippen molar-refractivity contribution in [2.45, 2.75) is 13.5 Å². The molecule has 0 aliphatic carbocycles. The van der Waals surface area contributed by atoms with Crippen LogP contribution < -0.4 is 25.4 Å². The number of hydrogen-bond acceptors (Lipinski definition) is 5. The van der Waals surface area contributed by atoms with E-state index in [1.54, 1.807) is 0 Å². The van der Waals surface area contributed by atoms with Crippen LogP contribution in [0.15, 0.2) is 23.2 Å². The maximum absolute atomic E-state index is 11.5. The Bertz CT molecular complexity index is 681. The van der Waals surface area contributed by atoms with E-state index in [0.29, 0.717) is 32.1 Å². The molecule has 0 bridgehead atoms. The molecule has 2 aliphatic rings. The van der Waals surface area contributed by atoms with Crippen molar-refractivity contribution in [2.24, 2.45) is 4.99 Å². The van der Waals surface area contributed by atoms with Gasteiger partial charge in [-0.3, -0.25) is 9.69 Å². The second kappa shape index (κ2) is 9.46. The number of guanidine groups is 1. The maximum atomic E-state index is 11.5. The van der Waals surface area contributed by atoms with Crippen molar-refractivity contribution in [3.05, 3.63) is 23.8 Å². The Morgan fingerprint density at radius 1 is 1.27 bits per heavy atom. The number of hydrogen-bond donors (Lipinski definition) is 3. The highest BCUT2D eigenvalue weighted by Gasteiger charge is 2.27. The van der Waals surface area contributed by atoms with Gasteiger partial charge in [0.1, 0.15) is 0 Å². The lowest BCUT2D eigenvalue weighted by Gasteiger charge is -2.15. The number of fused-ring (bicyclic) bond motifs is 1. The molecule has 0 aromatic heterocycles. The molecule has 9 nitrogen and oxygen atoms in total. The normalized spacial score (nSPS) is 15.6. The molecule has 0 spiro atoms. The van der Waals surface area contributed by atoms with Crippen LogP contribution in [0, 0.1) is 0 Å². The van der Waals surface area contributed by atoms with Gasteiger partial charge in [0.2, 0.25) is 12.7 Å². The minimum atomic E-state index is -0.353. The van der Waals surface area contributed by atoms with E-state index in [0.717, 1.165) is 17.1 Å². The predicted molar refractivity (Wildman–Crippen MR) is 106 cm³/mol. The maximum Gasteiger partial charge on any atom is 0.324 e. The fourth-order valence-electron chi connectivity index (χ4n) is 2.52. The Labute approximate surface area is 168 Å². The van der Waals surface area contributed by atoms with Crippen LogP contribution in [0.5, 0.6) is 11.5 Å². The van der Waals surface area contributed by atoms with E-state index in [-0.39, 0.29) is 49.3 Å². The summed E-state index contributed by atoms with van der Waals surface area (Å²) in [6.07, 6.45) is 0. The number of carbonyl (C=O) groups is 2. The summed E-state index contributed by atoms with van der Waals surface area (Å²) >= 11 is 0. The van der Waals surface area contributed by atoms with Gasteiger partial charge >= 0.3 is 6.03 Å². The SMILES string of the molecule is CCNC(=NCc1ccc2c(c1)OCO2)NCCN1C(=O)CNC1=O.I. The molecule has 10 heteroatoms. The Balaban J connectivity index is 0.00000243. The molecular formula is C16H22IN5O4. The molecule has 3 N–H and O–H groups in total. The second-order valence-electron chi connectivity index (χ2n) is 5.51. The lowest BCUT2D eigenvalue weighted by Crippen LogP contribution is -2.43. The number of nitrogens with zero attached hydrogens (tertiary/aromatic N) is 2. The van der Waals surface area contributed by atoms with Crippen LogP contribution in [0.25, 0.3) is 0 Å². The van der Waals surface area contributed by atoms with Gasteiger partial charge in [-0.05, 0) is 24.6 Å². The van der Waals surface area contributed by atoms with Crippen molar-refractivity contribution >= 4 is 41.9 Å². The number of benzene rings is 1. The Morgan fingerprint density at radius 3 is 2.81 bits per heavy atom. The van der Waals surface area contributed by atoms with Crippen LogP contribution >= 0.6 is 24.0 Å². The van der Waals surface area contributed by atoms with Gasteiger partial charge in [-0.25, -0.2) is 9.79 Å². The first-order valence-electron chi connectivity index (χ1n) is 8.16. The van der Waals surface area contributed by atoms with Crippen LogP contribution in [0.2, 0.25) is 0 Å². The first-order valence-corrected chi connectivity index (χ1v) is 8.16. The average molecular weight is 475 g/mol. The molecular weight excluding hydrogens is 453 g/mol. The zero-order chi connectivity index (χ0) is 17.6. The average Bonchev–Trinajstić information content (AvgIpc) is 3.20. The number of urea groups is 1. The minimum Gasteiger partial charge on any atom is -0.454 e. The monoisotopic (exact) mass is 475 g/mol. The van der Waals surface area contributed by atoms with E-state index in [2.05, 4.69) is 20.9 Å². The van der Waals surface area contributed by atoms with E-state index in [9.17, 15) is 9.59 Å². The number of aliphatic imine (C=N–C) groups is 1. The molecule has 1 aromatic rings. The van der Waals surface area contributed by atoms with Crippen molar-refractivity contribution in [2.75, 3.05) is 33.0 Å². The lowest BCUT2D eigenvalue weighted by molar-refractivity contribution is -0.124. The van der Waals surface area contributed by atoms with E-state index < -0.39 is 0 Å². The van der Waals surface area contributed by atoms with Crippen molar-refractivity contribution in [1.29, 1.82) is 0 Å². The standard InChI is InChI=1S/C16H21N5O4.HI/c1-2-17-15(18-5-6-21-14(22)9-20-16(21)23)19-8-11-3-4-12-13(7-11)25-10-24-12;/h3-4,7H,2,5-6,8-10H2,1H3,(H,20,23)(H2,17,18,19);1H. The predicted octanol–water partition coefficient (Wildman–Crippen LogP) is 0.640. The topological polar surface area (TPSA) is 104 Å². The zero-order valence-corrected chi connectivity index (χ0v) is 16.7. The molecule has 0 radical (unpaired) electrons. The van der Waals surface area contributed by atoms with E-state index in [4.69, 9.17) is 9.47 Å². The first kappa shape index (κ1) is 20.1. The molecule has 2 aliphatic heterocycles. The summed E-state index contributed by atoms with van der Waals surface area (Å²) in [4.78, 5) is 28.7. The first-order chi connectivity index (χ1) is 12.2. The summed E-state index contributed by atoms with van der Waals surface area (Å²) in [5, 5.41) is 8.74. The number of rotatable bonds is 6. The third kappa shape index (κ3) is 4.90. The van der Waals surface area contributed by atoms with Gasteiger partial charge in [0.05, 0.1) is 13.1 Å². The summed E-state index contributed by atoms with van der Waals surface area (Å²) in [7, 11) is 0. The van der Waals surface area contributed by atoms with E-state index in [1.165, 1.54) is 4.90 Å². The molecule has 142 valence electrons. The molecule has 1 saturated heterocycles. The summed E-state index contributed by atoms with van der Waals surface area (Å²) < 4.78 is 10.6. The second-order valence-corrected chi connectivity index (χ2v) is 5.51. The number of amides is 3. The highest BCUT2D eigenvalue weighted by Crippen LogP contribution is 2.32. The molecule has 0 atom stereocenters. The number of imide groups is 1. The summed E-state index contributed by atoms with van der Waals surface area (Å²) in [5.74, 6) is 1.87. The lowest BCUT2D eigenvalue weighted by atomic mass is 10.2. The largest absolute Gasteiger partial charge is 0.454 e. The third-order valence-corrected chi connectivity index (χ3v) is 3.77. The Hall–Kier alpha value is -2.24. The molecule has 0 saturated carbocycles. The third-order valence-electron chi connectivity index (χ3n) is 3.77. The fraction of sp³-hybridized carbons (Fsp3) is 0.438. The molecule has 1 fully saturated rings. The molecule has 26 heavy (non-hydrogen) atoms. The van der Waals surface area contributed by atoms with Crippen LogP contribution in [-0.2, 0) is 11.3 Å². The number of carbonyl (C=O) groups excluding carboxylic acids is 2. The summed E-state index contributed by atoms with van der Waals surface area (Å²) in [5.41, 5.74) is 0.996. The van der Waals surface area contributed by atoms with Gasteiger partial charge in [-0.1, -0.05) is 6.07 Å². The van der Waals surface area contributed by atoms with Crippen LogP contribution in [-0.4, -0.2) is 55.8 Å². The van der Waals surface area contributed by atoms with Crippen molar-refractivity contribution in [3.8, 4) is 11.5 Å². The molecule has 0 unspecified atom stereocenters. The zero-order valence-electron chi connectivity index (χ0n) is 14.4. The van der Waals surface area contributed by atoms with Crippen LogP contribution in [0.3, 0.4) is 0 Å². The number of halogens is 1. The number of nitrogens with one attached hydrogen (secondary N) is 3. The number of ether oxygens (including phenoxy) is 2. The van der Waals surface area contributed by atoms with Gasteiger partial charge in [-0.2, -0.15) is 0 Å². The molecule has 3 rings (SSSR count). The Morgan fingerprint density at radius 2 is 2.08 bits per heavy atom. The van der Waals surface area contributed by atoms with Gasteiger partial charge in [-0.15, -0.1) is 24.0 Å². The van der Waals surface area contributed by atoms with E-state index >= 15 is 0 Å². The minimum absolute atomic E-state index is 0. The summed E-state index contributed by atoms with van der Waals surface area (Å²) in [6, 6.07) is 5.36. The van der Waals surface area contributed by atoms with Crippen molar-refractivity contribution in [1.82, 2.24) is 20.9 Å². The molecule has 2 heterocycles. The van der Waals surface area contributed by atoms with Gasteiger partial charge < -0.3 is 25.4 Å². The van der Waals surface area contributed by atoms with Gasteiger partial charge in [0, 0.05) is 19.6 Å². The van der Waals surface area contributed by atoms with Crippen LogP contribution in [0.4, 0.5) is 4.79 Å². The highest BCUT2D eigenvalue weighted by molar-refractivity contribution is 14.0. The van der Waals surface area contributed by atoms with E-state index in [1.807, 2.05) is 25.1 Å². The van der Waals surface area contributed by atoms with Crippen molar-refractivity contribution in [3.63, 3.8) is 0 Å². The fourth-order valence-corrected chi connectivity index (χ4v) is 2.52.